The van der Waals surface area contributed by atoms with E-state index in [1.807, 2.05) is 6.92 Å². The van der Waals surface area contributed by atoms with Crippen LogP contribution in [0, 0.1) is 5.92 Å². The van der Waals surface area contributed by atoms with Gasteiger partial charge >= 0.3 is 0 Å². The van der Waals surface area contributed by atoms with E-state index >= 15 is 0 Å². The first-order chi connectivity index (χ1) is 7.20. The Bertz CT molecular complexity index is 163. The van der Waals surface area contributed by atoms with Gasteiger partial charge in [-0.3, -0.25) is 4.79 Å². The maximum atomic E-state index is 11.4. The van der Waals surface area contributed by atoms with Crippen LogP contribution in [0.1, 0.15) is 32.6 Å². The largest absolute Gasteiger partial charge is 0.384 e. The summed E-state index contributed by atoms with van der Waals surface area (Å²) < 4.78 is 4.97. The van der Waals surface area contributed by atoms with Crippen molar-refractivity contribution in [3.63, 3.8) is 0 Å². The van der Waals surface area contributed by atoms with Crippen LogP contribution in [0.25, 0.3) is 0 Å². The predicted molar refractivity (Wildman–Crippen MR) is 61.6 cm³/mol. The van der Waals surface area contributed by atoms with Gasteiger partial charge in [0.15, 0.2) is 0 Å². The fourth-order valence-electron chi connectivity index (χ4n) is 1.41. The van der Waals surface area contributed by atoms with Crippen molar-refractivity contribution in [2.75, 3.05) is 26.8 Å². The van der Waals surface area contributed by atoms with Gasteiger partial charge in [-0.1, -0.05) is 13.3 Å². The van der Waals surface area contributed by atoms with Crippen LogP contribution in [0.2, 0.25) is 0 Å². The number of nitrogens with one attached hydrogen (secondary N) is 1. The van der Waals surface area contributed by atoms with E-state index in [0.29, 0.717) is 18.9 Å². The van der Waals surface area contributed by atoms with Crippen LogP contribution < -0.4 is 11.1 Å². The summed E-state index contributed by atoms with van der Waals surface area (Å²) in [5.41, 5.74) is 5.37. The summed E-state index contributed by atoms with van der Waals surface area (Å²) in [5, 5.41) is 2.90. The summed E-state index contributed by atoms with van der Waals surface area (Å²) in [4.78, 5) is 11.4. The van der Waals surface area contributed by atoms with Crippen LogP contribution in [-0.2, 0) is 9.53 Å². The third-order valence-electron chi connectivity index (χ3n) is 2.19. The summed E-state index contributed by atoms with van der Waals surface area (Å²) in [6.07, 6.45) is 3.69. The van der Waals surface area contributed by atoms with Crippen molar-refractivity contribution in [2.24, 2.45) is 11.7 Å². The molecule has 0 radical (unpaired) electrons. The first-order valence-corrected chi connectivity index (χ1v) is 5.66. The van der Waals surface area contributed by atoms with Crippen LogP contribution in [0.4, 0.5) is 0 Å². The number of ether oxygens (including phenoxy) is 1. The van der Waals surface area contributed by atoms with Crippen molar-refractivity contribution in [3.05, 3.63) is 0 Å². The molecular formula is C11H24N2O2. The molecule has 90 valence electrons. The molecule has 0 aliphatic carbocycles. The van der Waals surface area contributed by atoms with Crippen molar-refractivity contribution in [1.82, 2.24) is 5.32 Å². The zero-order valence-corrected chi connectivity index (χ0v) is 9.92. The summed E-state index contributed by atoms with van der Waals surface area (Å²) in [6.45, 7) is 4.15. The van der Waals surface area contributed by atoms with Crippen molar-refractivity contribution in [1.29, 1.82) is 0 Å². The Morgan fingerprint density at radius 2 is 2.13 bits per heavy atom. The topological polar surface area (TPSA) is 64.3 Å². The molecule has 0 aromatic heterocycles. The van der Waals surface area contributed by atoms with Gasteiger partial charge in [0.25, 0.3) is 0 Å². The Hall–Kier alpha value is -0.610. The van der Waals surface area contributed by atoms with Gasteiger partial charge in [-0.15, -0.1) is 0 Å². The van der Waals surface area contributed by atoms with Gasteiger partial charge in [0.05, 0.1) is 0 Å². The van der Waals surface area contributed by atoms with E-state index in [1.54, 1.807) is 7.11 Å². The van der Waals surface area contributed by atoms with E-state index in [0.717, 1.165) is 32.4 Å². The first-order valence-electron chi connectivity index (χ1n) is 5.66. The monoisotopic (exact) mass is 216 g/mol. The van der Waals surface area contributed by atoms with Crippen molar-refractivity contribution < 1.29 is 9.53 Å². The molecule has 0 heterocycles. The molecule has 1 amide bonds. The Balaban J connectivity index is 3.32. The highest BCUT2D eigenvalue weighted by atomic mass is 16.5. The lowest BCUT2D eigenvalue weighted by molar-refractivity contribution is -0.122. The van der Waals surface area contributed by atoms with Crippen LogP contribution in [0.3, 0.4) is 0 Å². The quantitative estimate of drug-likeness (QED) is 0.563. The van der Waals surface area contributed by atoms with E-state index < -0.39 is 0 Å². The Labute approximate surface area is 92.6 Å². The van der Waals surface area contributed by atoms with Crippen molar-refractivity contribution >= 4 is 5.91 Å². The average molecular weight is 216 g/mol. The summed E-state index contributed by atoms with van der Waals surface area (Å²) in [7, 11) is 1.65. The molecule has 0 saturated heterocycles. The Morgan fingerprint density at radius 1 is 1.40 bits per heavy atom. The van der Waals surface area contributed by atoms with Crippen LogP contribution >= 0.6 is 0 Å². The van der Waals surface area contributed by atoms with E-state index in [2.05, 4.69) is 5.32 Å². The lowest BCUT2D eigenvalue weighted by Crippen LogP contribution is -2.27. The third kappa shape index (κ3) is 9.69. The molecule has 3 N–H and O–H groups in total. The van der Waals surface area contributed by atoms with Gasteiger partial charge in [-0.2, -0.15) is 0 Å². The zero-order valence-electron chi connectivity index (χ0n) is 9.92. The molecule has 15 heavy (non-hydrogen) atoms. The predicted octanol–water partition coefficient (Wildman–Crippen LogP) is 0.904. The molecule has 0 spiro atoms. The fourth-order valence-corrected chi connectivity index (χ4v) is 1.41. The van der Waals surface area contributed by atoms with E-state index in [-0.39, 0.29) is 5.91 Å². The third-order valence-corrected chi connectivity index (χ3v) is 2.19. The second-order valence-corrected chi connectivity index (χ2v) is 3.96. The maximum Gasteiger partial charge on any atom is 0.220 e. The molecule has 0 rings (SSSR count). The summed E-state index contributed by atoms with van der Waals surface area (Å²) in [6, 6.07) is 0. The van der Waals surface area contributed by atoms with Crippen molar-refractivity contribution in [3.8, 4) is 0 Å². The Kier molecular flexibility index (Phi) is 9.52. The minimum Gasteiger partial charge on any atom is -0.384 e. The molecule has 1 atom stereocenters. The highest BCUT2D eigenvalue weighted by molar-refractivity contribution is 5.76. The highest BCUT2D eigenvalue weighted by Crippen LogP contribution is 2.01. The molecule has 0 saturated carbocycles. The van der Waals surface area contributed by atoms with Crippen LogP contribution in [0.5, 0.6) is 0 Å². The van der Waals surface area contributed by atoms with Crippen molar-refractivity contribution in [2.45, 2.75) is 32.6 Å². The van der Waals surface area contributed by atoms with Gasteiger partial charge in [-0.05, 0) is 25.3 Å². The normalized spacial score (nSPS) is 12.5. The number of nitrogens with two attached hydrogens (primary N) is 1. The molecule has 4 heteroatoms. The molecule has 0 aromatic carbocycles. The minimum absolute atomic E-state index is 0.118. The summed E-state index contributed by atoms with van der Waals surface area (Å²) >= 11 is 0. The second kappa shape index (κ2) is 9.93. The molecule has 1 unspecified atom stereocenters. The molecule has 0 bridgehead atoms. The van der Waals surface area contributed by atoms with Gasteiger partial charge in [0.1, 0.15) is 0 Å². The second-order valence-electron chi connectivity index (χ2n) is 3.96. The maximum absolute atomic E-state index is 11.4. The highest BCUT2D eigenvalue weighted by Gasteiger charge is 2.07. The Morgan fingerprint density at radius 3 is 2.73 bits per heavy atom. The smallest absolute Gasteiger partial charge is 0.220 e. The lowest BCUT2D eigenvalue weighted by atomic mass is 10.1. The van der Waals surface area contributed by atoms with E-state index in [4.69, 9.17) is 10.5 Å². The number of rotatable bonds is 9. The van der Waals surface area contributed by atoms with E-state index in [1.165, 1.54) is 0 Å². The van der Waals surface area contributed by atoms with Gasteiger partial charge in [0.2, 0.25) is 5.91 Å². The molecule has 0 aromatic rings. The number of methoxy groups -OCH3 is 1. The fraction of sp³-hybridized carbons (Fsp3) is 0.909. The number of carbonyl (C=O) groups excluding carboxylic acids is 1. The first kappa shape index (κ1) is 14.4. The zero-order chi connectivity index (χ0) is 11.5. The van der Waals surface area contributed by atoms with Crippen LogP contribution in [-0.4, -0.2) is 32.7 Å². The average Bonchev–Trinajstić information content (AvgIpc) is 2.17. The number of unbranched alkanes of at least 4 members (excludes halogenated alkanes) is 2. The lowest BCUT2D eigenvalue weighted by Gasteiger charge is -2.10. The van der Waals surface area contributed by atoms with Crippen LogP contribution in [0.15, 0.2) is 0 Å². The minimum atomic E-state index is 0.118. The SMILES string of the molecule is COCC(C)CC(=O)NCCCCCN. The molecule has 0 aliphatic rings. The molecular weight excluding hydrogens is 192 g/mol. The van der Waals surface area contributed by atoms with E-state index in [9.17, 15) is 4.79 Å². The number of amides is 1. The number of carbonyl (C=O) groups is 1. The van der Waals surface area contributed by atoms with Gasteiger partial charge < -0.3 is 15.8 Å². The van der Waals surface area contributed by atoms with Gasteiger partial charge in [0, 0.05) is 26.7 Å². The number of hydrogen-bond donors (Lipinski definition) is 2. The standard InChI is InChI=1S/C11H24N2O2/c1-10(9-15-2)8-11(14)13-7-5-3-4-6-12/h10H,3-9,12H2,1-2H3,(H,13,14). The van der Waals surface area contributed by atoms with Gasteiger partial charge in [-0.25, -0.2) is 0 Å². The molecule has 0 fully saturated rings. The molecule has 0 aliphatic heterocycles. The number of hydrogen-bond acceptors (Lipinski definition) is 3. The molecule has 4 nitrogen and oxygen atoms in total. The summed E-state index contributed by atoms with van der Waals surface area (Å²) in [5.74, 6) is 0.409.